The van der Waals surface area contributed by atoms with Crippen molar-refractivity contribution in [3.63, 3.8) is 0 Å². The van der Waals surface area contributed by atoms with Crippen LogP contribution in [0.15, 0.2) is 59.6 Å². The third-order valence-corrected chi connectivity index (χ3v) is 2.93. The maximum atomic E-state index is 13.5. The van der Waals surface area contributed by atoms with E-state index in [2.05, 4.69) is 15.6 Å². The predicted molar refractivity (Wildman–Crippen MR) is 95.3 cm³/mol. The molecule has 5 heteroatoms. The lowest BCUT2D eigenvalue weighted by atomic mass is 10.2. The first-order valence-corrected chi connectivity index (χ1v) is 6.51. The topological polar surface area (TPSA) is 36.4 Å². The Hall–Kier alpha value is -1.63. The summed E-state index contributed by atoms with van der Waals surface area (Å²) < 4.78 is 13.5. The fraction of sp³-hybridized carbons (Fsp3) is 0.188. The minimum atomic E-state index is -0.210. The van der Waals surface area contributed by atoms with Crippen molar-refractivity contribution in [2.75, 3.05) is 7.05 Å². The van der Waals surface area contributed by atoms with Crippen molar-refractivity contribution in [3.05, 3.63) is 71.5 Å². The molecule has 0 aliphatic heterocycles. The maximum Gasteiger partial charge on any atom is 0.191 e. The molecule has 2 rings (SSSR count). The van der Waals surface area contributed by atoms with Crippen LogP contribution in [0, 0.1) is 5.82 Å². The fourth-order valence-electron chi connectivity index (χ4n) is 1.82. The molecule has 112 valence electrons. The van der Waals surface area contributed by atoms with Crippen LogP contribution in [0.5, 0.6) is 0 Å². The van der Waals surface area contributed by atoms with Gasteiger partial charge in [-0.05, 0) is 11.6 Å². The number of benzene rings is 2. The molecule has 0 saturated carbocycles. The lowest BCUT2D eigenvalue weighted by molar-refractivity contribution is 0.604. The molecular weight excluding hydrogens is 380 g/mol. The molecule has 0 spiro atoms. The van der Waals surface area contributed by atoms with E-state index in [0.717, 1.165) is 0 Å². The van der Waals surface area contributed by atoms with Crippen molar-refractivity contribution >= 4 is 29.9 Å². The lowest BCUT2D eigenvalue weighted by Crippen LogP contribution is -2.36. The highest BCUT2D eigenvalue weighted by Crippen LogP contribution is 2.05. The summed E-state index contributed by atoms with van der Waals surface area (Å²) in [5.74, 6) is 0.440. The van der Waals surface area contributed by atoms with Crippen LogP contribution in [0.4, 0.5) is 4.39 Å². The summed E-state index contributed by atoms with van der Waals surface area (Å²) in [5, 5.41) is 6.29. The molecule has 0 heterocycles. The number of guanidine groups is 1. The zero-order valence-electron chi connectivity index (χ0n) is 11.8. The maximum absolute atomic E-state index is 13.5. The van der Waals surface area contributed by atoms with Gasteiger partial charge in [-0.3, -0.25) is 4.99 Å². The second-order valence-electron chi connectivity index (χ2n) is 4.36. The Morgan fingerprint density at radius 1 is 0.952 bits per heavy atom. The number of halogens is 2. The molecule has 2 N–H and O–H groups in total. The third-order valence-electron chi connectivity index (χ3n) is 2.93. The Bertz CT molecular complexity index is 573. The first kappa shape index (κ1) is 17.4. The largest absolute Gasteiger partial charge is 0.352 e. The highest BCUT2D eigenvalue weighted by molar-refractivity contribution is 14.0. The molecule has 0 bridgehead atoms. The van der Waals surface area contributed by atoms with Gasteiger partial charge in [-0.15, -0.1) is 24.0 Å². The standard InChI is InChI=1S/C16H18FN3.HI/c1-18-16(19-11-13-7-3-2-4-8-13)20-12-14-9-5-6-10-15(14)17;/h2-10H,11-12H2,1H3,(H2,18,19,20);1H. The molecule has 0 radical (unpaired) electrons. The summed E-state index contributed by atoms with van der Waals surface area (Å²) in [6.45, 7) is 1.08. The van der Waals surface area contributed by atoms with E-state index < -0.39 is 0 Å². The molecule has 0 aliphatic rings. The van der Waals surface area contributed by atoms with E-state index in [-0.39, 0.29) is 29.8 Å². The Labute approximate surface area is 141 Å². The average Bonchev–Trinajstić information content (AvgIpc) is 2.50. The Balaban J connectivity index is 0.00000220. The summed E-state index contributed by atoms with van der Waals surface area (Å²) in [7, 11) is 1.70. The van der Waals surface area contributed by atoms with Crippen LogP contribution in [0.3, 0.4) is 0 Å². The van der Waals surface area contributed by atoms with E-state index in [1.165, 1.54) is 11.6 Å². The van der Waals surface area contributed by atoms with Crippen molar-refractivity contribution in [2.45, 2.75) is 13.1 Å². The van der Waals surface area contributed by atoms with E-state index >= 15 is 0 Å². The Morgan fingerprint density at radius 3 is 2.24 bits per heavy atom. The van der Waals surface area contributed by atoms with Gasteiger partial charge in [0, 0.05) is 25.7 Å². The number of hydrogen-bond acceptors (Lipinski definition) is 1. The van der Waals surface area contributed by atoms with Crippen molar-refractivity contribution in [3.8, 4) is 0 Å². The number of nitrogens with one attached hydrogen (secondary N) is 2. The molecule has 0 aliphatic carbocycles. The molecule has 2 aromatic rings. The fourth-order valence-corrected chi connectivity index (χ4v) is 1.82. The van der Waals surface area contributed by atoms with Crippen molar-refractivity contribution in [1.29, 1.82) is 0 Å². The SMILES string of the molecule is CN=C(NCc1ccccc1)NCc1ccccc1F.I. The van der Waals surface area contributed by atoms with Crippen LogP contribution in [-0.2, 0) is 13.1 Å². The van der Waals surface area contributed by atoms with E-state index in [0.29, 0.717) is 24.6 Å². The number of nitrogens with zero attached hydrogens (tertiary/aromatic N) is 1. The minimum Gasteiger partial charge on any atom is -0.352 e. The lowest BCUT2D eigenvalue weighted by Gasteiger charge is -2.12. The molecule has 0 atom stereocenters. The van der Waals surface area contributed by atoms with Crippen LogP contribution in [-0.4, -0.2) is 13.0 Å². The number of rotatable bonds is 4. The molecule has 0 amide bonds. The smallest absolute Gasteiger partial charge is 0.191 e. The minimum absolute atomic E-state index is 0. The summed E-state index contributed by atoms with van der Waals surface area (Å²) in [6.07, 6.45) is 0. The highest BCUT2D eigenvalue weighted by Gasteiger charge is 2.02. The summed E-state index contributed by atoms with van der Waals surface area (Å²) >= 11 is 0. The van der Waals surface area contributed by atoms with E-state index in [9.17, 15) is 4.39 Å². The van der Waals surface area contributed by atoms with Gasteiger partial charge < -0.3 is 10.6 Å². The van der Waals surface area contributed by atoms with Crippen LogP contribution in [0.2, 0.25) is 0 Å². The molecule has 0 aromatic heterocycles. The van der Waals surface area contributed by atoms with E-state index in [1.807, 2.05) is 36.4 Å². The van der Waals surface area contributed by atoms with Crippen LogP contribution in [0.25, 0.3) is 0 Å². The average molecular weight is 399 g/mol. The van der Waals surface area contributed by atoms with Gasteiger partial charge >= 0.3 is 0 Å². The quantitative estimate of drug-likeness (QED) is 0.470. The van der Waals surface area contributed by atoms with Crippen molar-refractivity contribution < 1.29 is 4.39 Å². The summed E-state index contributed by atoms with van der Waals surface area (Å²) in [5.41, 5.74) is 1.79. The van der Waals surface area contributed by atoms with Gasteiger partial charge in [-0.2, -0.15) is 0 Å². The molecule has 0 fully saturated rings. The van der Waals surface area contributed by atoms with Crippen LogP contribution >= 0.6 is 24.0 Å². The van der Waals surface area contributed by atoms with Crippen LogP contribution in [0.1, 0.15) is 11.1 Å². The first-order chi connectivity index (χ1) is 9.79. The molecular formula is C16H19FIN3. The highest BCUT2D eigenvalue weighted by atomic mass is 127. The van der Waals surface area contributed by atoms with Gasteiger partial charge in [0.25, 0.3) is 0 Å². The third kappa shape index (κ3) is 5.71. The molecule has 3 nitrogen and oxygen atoms in total. The Kier molecular flexibility index (Phi) is 7.74. The zero-order valence-corrected chi connectivity index (χ0v) is 14.2. The van der Waals surface area contributed by atoms with Crippen LogP contribution < -0.4 is 10.6 Å². The van der Waals surface area contributed by atoms with Gasteiger partial charge in [-0.1, -0.05) is 48.5 Å². The van der Waals surface area contributed by atoms with E-state index in [1.54, 1.807) is 19.2 Å². The first-order valence-electron chi connectivity index (χ1n) is 6.51. The predicted octanol–water partition coefficient (Wildman–Crippen LogP) is 3.31. The second-order valence-corrected chi connectivity index (χ2v) is 4.36. The molecule has 0 unspecified atom stereocenters. The van der Waals surface area contributed by atoms with Gasteiger partial charge in [0.15, 0.2) is 5.96 Å². The number of aliphatic imine (C=N–C) groups is 1. The summed E-state index contributed by atoms with van der Waals surface area (Å²) in [4.78, 5) is 4.12. The monoisotopic (exact) mass is 399 g/mol. The van der Waals surface area contributed by atoms with Gasteiger partial charge in [0.1, 0.15) is 5.82 Å². The molecule has 2 aromatic carbocycles. The molecule has 21 heavy (non-hydrogen) atoms. The molecule has 0 saturated heterocycles. The van der Waals surface area contributed by atoms with Crippen molar-refractivity contribution in [2.24, 2.45) is 4.99 Å². The van der Waals surface area contributed by atoms with Gasteiger partial charge in [0.2, 0.25) is 0 Å². The summed E-state index contributed by atoms with van der Waals surface area (Å²) in [6, 6.07) is 16.8. The zero-order chi connectivity index (χ0) is 14.2. The second kappa shape index (κ2) is 9.33. The number of hydrogen-bond donors (Lipinski definition) is 2. The van der Waals surface area contributed by atoms with Crippen molar-refractivity contribution in [1.82, 2.24) is 10.6 Å². The van der Waals surface area contributed by atoms with E-state index in [4.69, 9.17) is 0 Å². The normalized spacial score (nSPS) is 10.7. The Morgan fingerprint density at radius 2 is 1.57 bits per heavy atom. The van der Waals surface area contributed by atoms with Gasteiger partial charge in [-0.25, -0.2) is 4.39 Å². The van der Waals surface area contributed by atoms with Gasteiger partial charge in [0.05, 0.1) is 0 Å².